The van der Waals surface area contributed by atoms with Crippen LogP contribution >= 0.6 is 0 Å². The van der Waals surface area contributed by atoms with Crippen LogP contribution in [-0.4, -0.2) is 52.8 Å². The Morgan fingerprint density at radius 1 is 0.761 bits per heavy atom. The fraction of sp³-hybridized carbons (Fsp3) is 0.425. The summed E-state index contributed by atoms with van der Waals surface area (Å²) in [5.74, 6) is 0.452. The van der Waals surface area contributed by atoms with Crippen LogP contribution in [0.15, 0.2) is 84.9 Å². The fourth-order valence-electron chi connectivity index (χ4n) is 4.65. The molecule has 0 radical (unpaired) electrons. The smallest absolute Gasteiger partial charge is 0.335 e. The zero-order valence-corrected chi connectivity index (χ0v) is 30.4. The first kappa shape index (κ1) is 37.0. The molecule has 0 N–H and O–H groups in total. The van der Waals surface area contributed by atoms with Crippen molar-refractivity contribution >= 4 is 25.2 Å². The van der Waals surface area contributed by atoms with Crippen LogP contribution in [-0.2, 0) is 25.4 Å². The van der Waals surface area contributed by atoms with Crippen molar-refractivity contribution in [3.63, 3.8) is 0 Å². The first-order valence-electron chi connectivity index (χ1n) is 16.5. The van der Waals surface area contributed by atoms with Crippen LogP contribution in [0.2, 0.25) is 18.1 Å². The van der Waals surface area contributed by atoms with E-state index in [1.807, 2.05) is 31.2 Å². The number of ether oxygens (including phenoxy) is 4. The van der Waals surface area contributed by atoms with Crippen molar-refractivity contribution in [2.75, 3.05) is 32.7 Å². The standard InChI is InChI=1S/C40H54O5Si/c1-10-43-38(39(41)44-11-2)28-32-12-22-37(23-13-32)45-27-25-31(4)34-16-20-36(21-17-34)35-18-14-33(15-19-35)30(3)24-26-42-29-46(8,9)40(5,6)7/h12-25,38H,10-11,26-29H2,1-9H3/b30-24-,31-25-. The van der Waals surface area contributed by atoms with E-state index in [1.54, 1.807) is 6.92 Å². The van der Waals surface area contributed by atoms with Gasteiger partial charge < -0.3 is 18.9 Å². The highest BCUT2D eigenvalue weighted by molar-refractivity contribution is 6.80. The Hall–Kier alpha value is -3.45. The van der Waals surface area contributed by atoms with E-state index in [2.05, 4.69) is 108 Å². The third kappa shape index (κ3) is 11.1. The summed E-state index contributed by atoms with van der Waals surface area (Å²) in [6.07, 6.45) is 5.03. The van der Waals surface area contributed by atoms with Gasteiger partial charge in [0.1, 0.15) is 12.4 Å². The average Bonchev–Trinajstić information content (AvgIpc) is 3.03. The minimum atomic E-state index is -1.42. The molecule has 248 valence electrons. The Kier molecular flexibility index (Phi) is 14.0. The van der Waals surface area contributed by atoms with Crippen LogP contribution < -0.4 is 4.74 Å². The molecule has 0 amide bonds. The average molecular weight is 643 g/mol. The minimum Gasteiger partial charge on any atom is -0.490 e. The van der Waals surface area contributed by atoms with Crippen molar-refractivity contribution in [2.24, 2.45) is 0 Å². The van der Waals surface area contributed by atoms with Crippen LogP contribution in [0.5, 0.6) is 5.75 Å². The second-order valence-corrected chi connectivity index (χ2v) is 19.0. The van der Waals surface area contributed by atoms with Crippen molar-refractivity contribution in [2.45, 2.75) is 79.1 Å². The van der Waals surface area contributed by atoms with Crippen molar-refractivity contribution in [1.82, 2.24) is 0 Å². The lowest BCUT2D eigenvalue weighted by Gasteiger charge is -2.36. The van der Waals surface area contributed by atoms with E-state index < -0.39 is 14.2 Å². The summed E-state index contributed by atoms with van der Waals surface area (Å²) in [7, 11) is -1.42. The number of carbonyl (C=O) groups excluding carboxylic acids is 1. The first-order chi connectivity index (χ1) is 21.8. The molecule has 0 saturated heterocycles. The molecule has 3 aromatic carbocycles. The summed E-state index contributed by atoms with van der Waals surface area (Å²) in [4.78, 5) is 12.1. The van der Waals surface area contributed by atoms with Crippen molar-refractivity contribution < 1.29 is 23.7 Å². The zero-order valence-electron chi connectivity index (χ0n) is 29.4. The molecule has 3 rings (SSSR count). The summed E-state index contributed by atoms with van der Waals surface area (Å²) in [5.41, 5.74) is 8.15. The predicted octanol–water partition coefficient (Wildman–Crippen LogP) is 9.81. The number of rotatable bonds is 16. The Bertz CT molecular complexity index is 1430. The molecular weight excluding hydrogens is 589 g/mol. The monoisotopic (exact) mass is 642 g/mol. The van der Waals surface area contributed by atoms with E-state index >= 15 is 0 Å². The van der Waals surface area contributed by atoms with Crippen molar-refractivity contribution in [1.29, 1.82) is 0 Å². The molecule has 1 unspecified atom stereocenters. The third-order valence-electron chi connectivity index (χ3n) is 8.92. The van der Waals surface area contributed by atoms with Gasteiger partial charge in [0.2, 0.25) is 0 Å². The molecule has 3 aromatic rings. The highest BCUT2D eigenvalue weighted by Gasteiger charge is 2.35. The molecule has 0 aliphatic heterocycles. The van der Waals surface area contributed by atoms with E-state index in [0.717, 1.165) is 28.7 Å². The maximum atomic E-state index is 12.1. The van der Waals surface area contributed by atoms with Gasteiger partial charge in [-0.05, 0) is 89.9 Å². The van der Waals surface area contributed by atoms with Gasteiger partial charge in [-0.15, -0.1) is 0 Å². The number of benzene rings is 3. The first-order valence-corrected chi connectivity index (χ1v) is 19.7. The minimum absolute atomic E-state index is 0.326. The normalized spacial score (nSPS) is 13.4. The molecule has 46 heavy (non-hydrogen) atoms. The van der Waals surface area contributed by atoms with Gasteiger partial charge in [-0.25, -0.2) is 4.79 Å². The number of allylic oxidation sites excluding steroid dienone is 2. The van der Waals surface area contributed by atoms with Crippen LogP contribution in [0.25, 0.3) is 22.3 Å². The lowest BCUT2D eigenvalue weighted by Crippen LogP contribution is -2.42. The maximum Gasteiger partial charge on any atom is 0.335 e. The molecule has 0 heterocycles. The summed E-state index contributed by atoms with van der Waals surface area (Å²) in [6, 6.07) is 25.2. The third-order valence-corrected chi connectivity index (χ3v) is 13.9. The second-order valence-electron chi connectivity index (χ2n) is 13.4. The van der Waals surface area contributed by atoms with Gasteiger partial charge in [-0.3, -0.25) is 0 Å². The fourth-order valence-corrected chi connectivity index (χ4v) is 5.71. The Labute approximate surface area is 278 Å². The van der Waals surface area contributed by atoms with Gasteiger partial charge in [0, 0.05) is 19.3 Å². The highest BCUT2D eigenvalue weighted by atomic mass is 28.3. The molecule has 6 heteroatoms. The van der Waals surface area contributed by atoms with Crippen LogP contribution in [0.4, 0.5) is 0 Å². The number of esters is 1. The van der Waals surface area contributed by atoms with Gasteiger partial charge in [0.15, 0.2) is 6.10 Å². The largest absolute Gasteiger partial charge is 0.490 e. The molecular formula is C40H54O5Si. The van der Waals surface area contributed by atoms with E-state index in [1.165, 1.54) is 22.3 Å². The van der Waals surface area contributed by atoms with Crippen molar-refractivity contribution in [3.05, 3.63) is 102 Å². The Morgan fingerprint density at radius 3 is 1.76 bits per heavy atom. The lowest BCUT2D eigenvalue weighted by molar-refractivity contribution is -0.156. The van der Waals surface area contributed by atoms with Gasteiger partial charge in [-0.1, -0.05) is 101 Å². The molecule has 0 saturated carbocycles. The second kappa shape index (κ2) is 17.5. The SMILES string of the molecule is CCOC(=O)C(Cc1ccc(OC/C=C(/C)c2ccc(-c3ccc(/C(C)=C\COC[Si](C)(C)C(C)(C)C)cc3)cc2)cc1)OCC. The van der Waals surface area contributed by atoms with Crippen LogP contribution in [0, 0.1) is 0 Å². The number of carbonyl (C=O) groups is 1. The summed E-state index contributed by atoms with van der Waals surface area (Å²) >= 11 is 0. The molecule has 0 aromatic heterocycles. The predicted molar refractivity (Wildman–Crippen MR) is 195 cm³/mol. The number of hydrogen-bond donors (Lipinski definition) is 0. The Balaban J connectivity index is 1.51. The topological polar surface area (TPSA) is 54.0 Å². The number of hydrogen-bond acceptors (Lipinski definition) is 5. The summed E-state index contributed by atoms with van der Waals surface area (Å²) < 4.78 is 22.8. The van der Waals surface area contributed by atoms with Gasteiger partial charge >= 0.3 is 5.97 Å². The maximum absolute atomic E-state index is 12.1. The molecule has 1 atom stereocenters. The molecule has 0 fully saturated rings. The quantitative estimate of drug-likeness (QED) is 0.0885. The van der Waals surface area contributed by atoms with Gasteiger partial charge in [0.05, 0.1) is 21.3 Å². The molecule has 0 aliphatic carbocycles. The molecule has 5 nitrogen and oxygen atoms in total. The lowest BCUT2D eigenvalue weighted by atomic mass is 9.98. The zero-order chi connectivity index (χ0) is 33.7. The molecule has 0 bridgehead atoms. The van der Waals surface area contributed by atoms with Crippen molar-refractivity contribution in [3.8, 4) is 16.9 Å². The van der Waals surface area contributed by atoms with E-state index in [9.17, 15) is 4.79 Å². The van der Waals surface area contributed by atoms with E-state index in [0.29, 0.717) is 37.9 Å². The molecule has 0 spiro atoms. The molecule has 0 aliphatic rings. The van der Waals surface area contributed by atoms with Gasteiger partial charge in [-0.2, -0.15) is 0 Å². The Morgan fingerprint density at radius 2 is 1.28 bits per heavy atom. The summed E-state index contributed by atoms with van der Waals surface area (Å²) in [6.45, 7) is 21.6. The van der Waals surface area contributed by atoms with Crippen LogP contribution in [0.3, 0.4) is 0 Å². The van der Waals surface area contributed by atoms with E-state index in [-0.39, 0.29) is 5.97 Å². The van der Waals surface area contributed by atoms with Crippen LogP contribution in [0.1, 0.15) is 65.2 Å². The van der Waals surface area contributed by atoms with E-state index in [4.69, 9.17) is 18.9 Å². The highest BCUT2D eigenvalue weighted by Crippen LogP contribution is 2.36. The van der Waals surface area contributed by atoms with Gasteiger partial charge in [0.25, 0.3) is 0 Å². The summed E-state index contributed by atoms with van der Waals surface area (Å²) in [5, 5.41) is 0.335.